The number of hydrogen-bond donors (Lipinski definition) is 0. The van der Waals surface area contributed by atoms with Gasteiger partial charge in [0.25, 0.3) is 0 Å². The first-order valence-electron chi connectivity index (χ1n) is 7.70. The van der Waals surface area contributed by atoms with E-state index in [1.54, 1.807) is 11.3 Å². The fraction of sp³-hybridized carbons (Fsp3) is 0.333. The molecule has 2 aromatic heterocycles. The molecule has 0 unspecified atom stereocenters. The monoisotopic (exact) mass is 326 g/mol. The lowest BCUT2D eigenvalue weighted by Gasteiger charge is -2.14. The molecular weight excluding hydrogens is 304 g/mol. The molecule has 0 saturated heterocycles. The van der Waals surface area contributed by atoms with Gasteiger partial charge in [-0.2, -0.15) is 5.10 Å². The van der Waals surface area contributed by atoms with Gasteiger partial charge in [0.2, 0.25) is 0 Å². The average molecular weight is 326 g/mol. The van der Waals surface area contributed by atoms with Crippen molar-refractivity contribution in [2.24, 2.45) is 7.05 Å². The first-order chi connectivity index (χ1) is 11.0. The summed E-state index contributed by atoms with van der Waals surface area (Å²) in [5, 5.41) is 7.64. The van der Waals surface area contributed by atoms with Crippen molar-refractivity contribution in [1.29, 1.82) is 0 Å². The fourth-order valence-corrected chi connectivity index (χ4v) is 3.45. The molecule has 0 saturated carbocycles. The minimum Gasteiger partial charge on any atom is -0.296 e. The standard InChI is InChI=1S/C18H22N4S/c1-13-5-7-15(8-6-13)18-19-17(12-23-18)11-21(3)9-16-10-22(4)20-14(16)2/h5-8,10,12H,9,11H2,1-4H3. The third kappa shape index (κ3) is 3.86. The molecule has 2 heterocycles. The van der Waals surface area contributed by atoms with Gasteiger partial charge in [0.15, 0.2) is 0 Å². The molecule has 1 aromatic carbocycles. The summed E-state index contributed by atoms with van der Waals surface area (Å²) in [7, 11) is 4.09. The SMILES string of the molecule is Cc1ccc(-c2nc(CN(C)Cc3cn(C)nc3C)cs2)cc1. The van der Waals surface area contributed by atoms with E-state index in [1.807, 2.05) is 11.7 Å². The Hall–Kier alpha value is -1.98. The molecule has 0 bridgehead atoms. The minimum absolute atomic E-state index is 0.844. The number of hydrogen-bond acceptors (Lipinski definition) is 4. The van der Waals surface area contributed by atoms with Gasteiger partial charge in [-0.3, -0.25) is 9.58 Å². The highest BCUT2D eigenvalue weighted by atomic mass is 32.1. The summed E-state index contributed by atoms with van der Waals surface area (Å²) in [6, 6.07) is 8.54. The first kappa shape index (κ1) is 15.9. The summed E-state index contributed by atoms with van der Waals surface area (Å²) in [5.41, 5.74) is 5.95. The number of nitrogens with zero attached hydrogens (tertiary/aromatic N) is 4. The maximum absolute atomic E-state index is 4.78. The summed E-state index contributed by atoms with van der Waals surface area (Å²) in [5.74, 6) is 0. The highest BCUT2D eigenvalue weighted by Gasteiger charge is 2.10. The van der Waals surface area contributed by atoms with Gasteiger partial charge in [0.05, 0.1) is 11.4 Å². The topological polar surface area (TPSA) is 34.0 Å². The van der Waals surface area contributed by atoms with Crippen molar-refractivity contribution in [3.05, 3.63) is 58.4 Å². The number of benzene rings is 1. The van der Waals surface area contributed by atoms with E-state index in [-0.39, 0.29) is 0 Å². The van der Waals surface area contributed by atoms with Gasteiger partial charge in [0.1, 0.15) is 5.01 Å². The van der Waals surface area contributed by atoms with Crippen LogP contribution in [0.3, 0.4) is 0 Å². The zero-order valence-electron chi connectivity index (χ0n) is 14.1. The highest BCUT2D eigenvalue weighted by Crippen LogP contribution is 2.24. The second kappa shape index (κ2) is 6.64. The van der Waals surface area contributed by atoms with Crippen LogP contribution in [0.25, 0.3) is 10.6 Å². The number of thiazole rings is 1. The summed E-state index contributed by atoms with van der Waals surface area (Å²) >= 11 is 1.71. The van der Waals surface area contributed by atoms with Gasteiger partial charge >= 0.3 is 0 Å². The normalized spacial score (nSPS) is 11.3. The summed E-state index contributed by atoms with van der Waals surface area (Å²) in [6.45, 7) is 5.89. The summed E-state index contributed by atoms with van der Waals surface area (Å²) in [4.78, 5) is 7.05. The number of aryl methyl sites for hydroxylation is 3. The van der Waals surface area contributed by atoms with Crippen LogP contribution in [-0.2, 0) is 20.1 Å². The van der Waals surface area contributed by atoms with Gasteiger partial charge in [-0.1, -0.05) is 29.8 Å². The van der Waals surface area contributed by atoms with Crippen molar-refractivity contribution >= 4 is 11.3 Å². The smallest absolute Gasteiger partial charge is 0.123 e. The molecule has 5 heteroatoms. The van der Waals surface area contributed by atoms with Crippen LogP contribution >= 0.6 is 11.3 Å². The minimum atomic E-state index is 0.844. The predicted octanol–water partition coefficient (Wildman–Crippen LogP) is 3.79. The van der Waals surface area contributed by atoms with Gasteiger partial charge < -0.3 is 0 Å². The van der Waals surface area contributed by atoms with Crippen molar-refractivity contribution in [1.82, 2.24) is 19.7 Å². The van der Waals surface area contributed by atoms with E-state index in [2.05, 4.69) is 66.7 Å². The van der Waals surface area contributed by atoms with Crippen molar-refractivity contribution in [2.45, 2.75) is 26.9 Å². The molecule has 0 aliphatic rings. The predicted molar refractivity (Wildman–Crippen MR) is 95.4 cm³/mol. The van der Waals surface area contributed by atoms with Gasteiger partial charge in [-0.25, -0.2) is 4.98 Å². The van der Waals surface area contributed by atoms with Crippen LogP contribution < -0.4 is 0 Å². The van der Waals surface area contributed by atoms with E-state index in [9.17, 15) is 0 Å². The molecule has 0 radical (unpaired) electrons. The van der Waals surface area contributed by atoms with Crippen LogP contribution in [0.1, 0.15) is 22.5 Å². The highest BCUT2D eigenvalue weighted by molar-refractivity contribution is 7.13. The van der Waals surface area contributed by atoms with Gasteiger partial charge in [0, 0.05) is 42.8 Å². The van der Waals surface area contributed by atoms with Crippen molar-refractivity contribution in [3.63, 3.8) is 0 Å². The van der Waals surface area contributed by atoms with E-state index in [4.69, 9.17) is 4.98 Å². The fourth-order valence-electron chi connectivity index (χ4n) is 2.64. The van der Waals surface area contributed by atoms with Crippen molar-refractivity contribution in [2.75, 3.05) is 7.05 Å². The third-order valence-corrected chi connectivity index (χ3v) is 4.78. The molecule has 3 rings (SSSR count). The molecule has 23 heavy (non-hydrogen) atoms. The Morgan fingerprint density at radius 1 is 1.13 bits per heavy atom. The molecule has 4 nitrogen and oxygen atoms in total. The second-order valence-electron chi connectivity index (χ2n) is 6.10. The maximum atomic E-state index is 4.78. The number of rotatable bonds is 5. The zero-order chi connectivity index (χ0) is 16.4. The molecule has 0 fully saturated rings. The zero-order valence-corrected chi connectivity index (χ0v) is 14.9. The molecule has 0 N–H and O–H groups in total. The average Bonchev–Trinajstić information content (AvgIpc) is 3.07. The van der Waals surface area contributed by atoms with E-state index in [0.29, 0.717) is 0 Å². The lowest BCUT2D eigenvalue weighted by molar-refractivity contribution is 0.315. The van der Waals surface area contributed by atoms with E-state index in [0.717, 1.165) is 29.5 Å². The largest absolute Gasteiger partial charge is 0.296 e. The van der Waals surface area contributed by atoms with Crippen LogP contribution in [-0.4, -0.2) is 26.7 Å². The molecule has 0 aliphatic heterocycles. The van der Waals surface area contributed by atoms with E-state index in [1.165, 1.54) is 16.7 Å². The Labute approximate surface area is 141 Å². The van der Waals surface area contributed by atoms with Crippen LogP contribution in [0.2, 0.25) is 0 Å². The van der Waals surface area contributed by atoms with Crippen LogP contribution in [0, 0.1) is 13.8 Å². The Kier molecular flexibility index (Phi) is 4.59. The Morgan fingerprint density at radius 2 is 1.87 bits per heavy atom. The summed E-state index contributed by atoms with van der Waals surface area (Å²) < 4.78 is 1.87. The maximum Gasteiger partial charge on any atom is 0.123 e. The van der Waals surface area contributed by atoms with Crippen molar-refractivity contribution in [3.8, 4) is 10.6 Å². The quantitative estimate of drug-likeness (QED) is 0.715. The molecule has 0 aliphatic carbocycles. The van der Waals surface area contributed by atoms with Crippen molar-refractivity contribution < 1.29 is 0 Å². The molecule has 0 atom stereocenters. The molecule has 0 spiro atoms. The molecular formula is C18H22N4S. The lowest BCUT2D eigenvalue weighted by atomic mass is 10.2. The van der Waals surface area contributed by atoms with E-state index < -0.39 is 0 Å². The van der Waals surface area contributed by atoms with Crippen LogP contribution in [0.5, 0.6) is 0 Å². The second-order valence-corrected chi connectivity index (χ2v) is 6.95. The Bertz CT molecular complexity index is 786. The summed E-state index contributed by atoms with van der Waals surface area (Å²) in [6.07, 6.45) is 2.09. The molecule has 120 valence electrons. The van der Waals surface area contributed by atoms with Gasteiger partial charge in [-0.15, -0.1) is 11.3 Å². The molecule has 0 amide bonds. The third-order valence-electron chi connectivity index (χ3n) is 3.84. The Morgan fingerprint density at radius 3 is 2.52 bits per heavy atom. The first-order valence-corrected chi connectivity index (χ1v) is 8.58. The molecule has 3 aromatic rings. The van der Waals surface area contributed by atoms with E-state index >= 15 is 0 Å². The Balaban J connectivity index is 1.66. The van der Waals surface area contributed by atoms with Gasteiger partial charge in [-0.05, 0) is 20.9 Å². The van der Waals surface area contributed by atoms with Crippen LogP contribution in [0.15, 0.2) is 35.8 Å². The number of aromatic nitrogens is 3. The lowest BCUT2D eigenvalue weighted by Crippen LogP contribution is -2.17. The van der Waals surface area contributed by atoms with Crippen LogP contribution in [0.4, 0.5) is 0 Å².